The molecule has 0 aliphatic heterocycles. The van der Waals surface area contributed by atoms with Crippen molar-refractivity contribution in [1.82, 2.24) is 10.3 Å². The molecule has 0 aliphatic carbocycles. The number of carbonyl (C=O) groups is 2. The summed E-state index contributed by atoms with van der Waals surface area (Å²) in [4.78, 5) is 27.7. The smallest absolute Gasteiger partial charge is 0.227 e. The molecule has 1 atom stereocenters. The largest absolute Gasteiger partial charge is 0.349 e. The lowest BCUT2D eigenvalue weighted by atomic mass is 10.0. The van der Waals surface area contributed by atoms with Gasteiger partial charge in [0.15, 0.2) is 0 Å². The van der Waals surface area contributed by atoms with E-state index >= 15 is 0 Å². The lowest BCUT2D eigenvalue weighted by molar-refractivity contribution is -0.120. The van der Waals surface area contributed by atoms with Gasteiger partial charge in [0, 0.05) is 18.1 Å². The molecule has 23 heavy (non-hydrogen) atoms. The first-order valence-corrected chi connectivity index (χ1v) is 7.57. The fraction of sp³-hybridized carbons (Fsp3) is 0.235. The van der Waals surface area contributed by atoms with Crippen molar-refractivity contribution in [1.29, 1.82) is 0 Å². The van der Waals surface area contributed by atoms with Crippen LogP contribution in [-0.2, 0) is 9.59 Å². The van der Waals surface area contributed by atoms with Gasteiger partial charge in [0.2, 0.25) is 11.8 Å². The molecular formula is C17H18ClN3O2. The Hall–Kier alpha value is -2.40. The van der Waals surface area contributed by atoms with E-state index in [1.54, 1.807) is 36.5 Å². The monoisotopic (exact) mass is 331 g/mol. The van der Waals surface area contributed by atoms with Gasteiger partial charge < -0.3 is 10.6 Å². The number of aryl methyl sites for hydroxylation is 1. The number of rotatable bonds is 5. The molecule has 2 aromatic rings. The van der Waals surface area contributed by atoms with Gasteiger partial charge in [-0.2, -0.15) is 0 Å². The summed E-state index contributed by atoms with van der Waals surface area (Å²) in [5.74, 6) is 0.0551. The molecule has 0 radical (unpaired) electrons. The summed E-state index contributed by atoms with van der Waals surface area (Å²) in [5, 5.41) is 6.11. The van der Waals surface area contributed by atoms with Crippen LogP contribution < -0.4 is 10.6 Å². The molecule has 0 fully saturated rings. The van der Waals surface area contributed by atoms with Crippen molar-refractivity contribution < 1.29 is 9.59 Å². The number of halogens is 1. The van der Waals surface area contributed by atoms with E-state index in [-0.39, 0.29) is 18.2 Å². The maximum atomic E-state index is 12.2. The number of pyridine rings is 1. The van der Waals surface area contributed by atoms with E-state index in [0.717, 1.165) is 11.1 Å². The number of amides is 2. The Labute approximate surface area is 140 Å². The average molecular weight is 332 g/mol. The lowest BCUT2D eigenvalue weighted by Gasteiger charge is -2.18. The standard InChI is InChI=1S/C17H18ClN3O2/c1-11-3-8-16(19-10-11)21-17(23)9-15(20-12(2)22)13-4-6-14(18)7-5-13/h3-8,10,15H,9H2,1-2H3,(H,20,22)(H,19,21,23)/t15-/m1/s1. The molecule has 1 aromatic carbocycles. The third-order valence-electron chi connectivity index (χ3n) is 3.22. The molecular weight excluding hydrogens is 314 g/mol. The zero-order valence-electron chi connectivity index (χ0n) is 13.0. The highest BCUT2D eigenvalue weighted by Gasteiger charge is 2.17. The van der Waals surface area contributed by atoms with Gasteiger partial charge in [0.1, 0.15) is 5.82 Å². The van der Waals surface area contributed by atoms with Crippen LogP contribution in [0.15, 0.2) is 42.6 Å². The average Bonchev–Trinajstić information content (AvgIpc) is 2.49. The molecule has 2 amide bonds. The van der Waals surface area contributed by atoms with E-state index in [9.17, 15) is 9.59 Å². The highest BCUT2D eigenvalue weighted by molar-refractivity contribution is 6.30. The first-order valence-electron chi connectivity index (χ1n) is 7.19. The fourth-order valence-electron chi connectivity index (χ4n) is 2.11. The highest BCUT2D eigenvalue weighted by Crippen LogP contribution is 2.20. The van der Waals surface area contributed by atoms with Crippen molar-refractivity contribution in [3.63, 3.8) is 0 Å². The second-order valence-electron chi connectivity index (χ2n) is 5.28. The number of hydrogen-bond donors (Lipinski definition) is 2. The maximum absolute atomic E-state index is 12.2. The van der Waals surface area contributed by atoms with Crippen molar-refractivity contribution in [2.45, 2.75) is 26.3 Å². The number of aromatic nitrogens is 1. The van der Waals surface area contributed by atoms with Gasteiger partial charge >= 0.3 is 0 Å². The van der Waals surface area contributed by atoms with Crippen LogP contribution in [-0.4, -0.2) is 16.8 Å². The molecule has 0 spiro atoms. The summed E-state index contributed by atoms with van der Waals surface area (Å²) in [6.07, 6.45) is 1.79. The first kappa shape index (κ1) is 17.0. The van der Waals surface area contributed by atoms with Crippen molar-refractivity contribution in [3.8, 4) is 0 Å². The molecule has 6 heteroatoms. The van der Waals surface area contributed by atoms with Gasteiger partial charge in [-0.05, 0) is 36.2 Å². The SMILES string of the molecule is CC(=O)N[C@H](CC(=O)Nc1ccc(C)cn1)c1ccc(Cl)cc1. The minimum atomic E-state index is -0.421. The topological polar surface area (TPSA) is 71.1 Å². The van der Waals surface area contributed by atoms with Crippen LogP contribution >= 0.6 is 11.6 Å². The second kappa shape index (κ2) is 7.74. The van der Waals surface area contributed by atoms with Crippen molar-refractivity contribution in [2.24, 2.45) is 0 Å². The van der Waals surface area contributed by atoms with Gasteiger partial charge in [0.25, 0.3) is 0 Å². The number of carbonyl (C=O) groups excluding carboxylic acids is 2. The molecule has 0 unspecified atom stereocenters. The van der Waals surface area contributed by atoms with Gasteiger partial charge in [-0.3, -0.25) is 9.59 Å². The molecule has 1 aromatic heterocycles. The molecule has 2 N–H and O–H groups in total. The Morgan fingerprint density at radius 3 is 2.43 bits per heavy atom. The van der Waals surface area contributed by atoms with Crippen LogP contribution in [0.25, 0.3) is 0 Å². The normalized spacial score (nSPS) is 11.6. The van der Waals surface area contributed by atoms with E-state index < -0.39 is 6.04 Å². The Balaban J connectivity index is 2.07. The van der Waals surface area contributed by atoms with Gasteiger partial charge in [-0.25, -0.2) is 4.98 Å². The van der Waals surface area contributed by atoms with Crippen molar-refractivity contribution in [3.05, 3.63) is 58.7 Å². The van der Waals surface area contributed by atoms with Crippen LogP contribution in [0.1, 0.15) is 30.5 Å². The summed E-state index contributed by atoms with van der Waals surface area (Å²) in [7, 11) is 0. The fourth-order valence-corrected chi connectivity index (χ4v) is 2.24. The third kappa shape index (κ3) is 5.38. The molecule has 2 rings (SSSR count). The van der Waals surface area contributed by atoms with Gasteiger partial charge in [-0.15, -0.1) is 0 Å². The molecule has 0 bridgehead atoms. The second-order valence-corrected chi connectivity index (χ2v) is 5.71. The van der Waals surface area contributed by atoms with Crippen LogP contribution in [0, 0.1) is 6.92 Å². The summed E-state index contributed by atoms with van der Waals surface area (Å²) in [6.45, 7) is 3.34. The van der Waals surface area contributed by atoms with Gasteiger partial charge in [-0.1, -0.05) is 29.8 Å². The van der Waals surface area contributed by atoms with Crippen LogP contribution in [0.5, 0.6) is 0 Å². The van der Waals surface area contributed by atoms with Crippen molar-refractivity contribution in [2.75, 3.05) is 5.32 Å². The Bertz CT molecular complexity index is 684. The zero-order chi connectivity index (χ0) is 16.8. The number of benzene rings is 1. The van der Waals surface area contributed by atoms with E-state index in [1.165, 1.54) is 6.92 Å². The summed E-state index contributed by atoms with van der Waals surface area (Å²) in [5.41, 5.74) is 1.83. The summed E-state index contributed by atoms with van der Waals surface area (Å²) < 4.78 is 0. The molecule has 1 heterocycles. The molecule has 0 saturated carbocycles. The minimum absolute atomic E-state index is 0.108. The molecule has 5 nitrogen and oxygen atoms in total. The van der Waals surface area contributed by atoms with Crippen LogP contribution in [0.4, 0.5) is 5.82 Å². The van der Waals surface area contributed by atoms with E-state index in [1.807, 2.05) is 13.0 Å². The Morgan fingerprint density at radius 2 is 1.87 bits per heavy atom. The molecule has 0 aliphatic rings. The first-order chi connectivity index (χ1) is 10.9. The van der Waals surface area contributed by atoms with Gasteiger partial charge in [0.05, 0.1) is 12.5 Å². The Morgan fingerprint density at radius 1 is 1.17 bits per heavy atom. The predicted molar refractivity (Wildman–Crippen MR) is 90.2 cm³/mol. The number of nitrogens with zero attached hydrogens (tertiary/aromatic N) is 1. The lowest BCUT2D eigenvalue weighted by Crippen LogP contribution is -2.29. The predicted octanol–water partition coefficient (Wildman–Crippen LogP) is 3.25. The van der Waals surface area contributed by atoms with Crippen molar-refractivity contribution >= 4 is 29.2 Å². The molecule has 120 valence electrons. The van der Waals surface area contributed by atoms with E-state index in [4.69, 9.17) is 11.6 Å². The summed E-state index contributed by atoms with van der Waals surface area (Å²) in [6, 6.07) is 10.2. The third-order valence-corrected chi connectivity index (χ3v) is 3.47. The quantitative estimate of drug-likeness (QED) is 0.883. The highest BCUT2D eigenvalue weighted by atomic mass is 35.5. The number of anilines is 1. The molecule has 0 saturated heterocycles. The maximum Gasteiger partial charge on any atom is 0.227 e. The number of hydrogen-bond acceptors (Lipinski definition) is 3. The van der Waals surface area contributed by atoms with Crippen LogP contribution in [0.3, 0.4) is 0 Å². The van der Waals surface area contributed by atoms with E-state index in [2.05, 4.69) is 15.6 Å². The minimum Gasteiger partial charge on any atom is -0.349 e. The number of nitrogens with one attached hydrogen (secondary N) is 2. The Kier molecular flexibility index (Phi) is 5.71. The van der Waals surface area contributed by atoms with E-state index in [0.29, 0.717) is 10.8 Å². The summed E-state index contributed by atoms with van der Waals surface area (Å²) >= 11 is 5.87. The van der Waals surface area contributed by atoms with Crippen LogP contribution in [0.2, 0.25) is 5.02 Å². The zero-order valence-corrected chi connectivity index (χ0v) is 13.7.